The number of guanidine groups is 1. The van der Waals surface area contributed by atoms with E-state index in [9.17, 15) is 13.2 Å². The Hall–Kier alpha value is -2.09. The van der Waals surface area contributed by atoms with Crippen molar-refractivity contribution in [1.82, 2.24) is 10.6 Å². The van der Waals surface area contributed by atoms with Crippen LogP contribution in [-0.2, 0) is 25.9 Å². The molecule has 1 aromatic carbocycles. The number of unbranched alkanes of at least 4 members (excludes halogenated alkanes) is 2. The van der Waals surface area contributed by atoms with E-state index in [-0.39, 0.29) is 5.97 Å². The SMILES string of the molecule is CCNC(=NCc1ccc(S(C)(=O)=O)c(C)c1)NCCCCCC(=O)OC. The average Bonchev–Trinajstić information content (AvgIpc) is 2.61. The molecule has 0 heterocycles. The summed E-state index contributed by atoms with van der Waals surface area (Å²) in [7, 11) is -1.80. The Morgan fingerprint density at radius 3 is 2.52 bits per heavy atom. The van der Waals surface area contributed by atoms with E-state index >= 15 is 0 Å². The monoisotopic (exact) mass is 397 g/mol. The van der Waals surface area contributed by atoms with Crippen molar-refractivity contribution in [2.24, 2.45) is 4.99 Å². The van der Waals surface area contributed by atoms with Gasteiger partial charge in [-0.2, -0.15) is 0 Å². The predicted molar refractivity (Wildman–Crippen MR) is 108 cm³/mol. The number of aliphatic imine (C=N–C) groups is 1. The minimum absolute atomic E-state index is 0.171. The molecule has 0 aliphatic rings. The van der Waals surface area contributed by atoms with Gasteiger partial charge in [0.05, 0.1) is 18.6 Å². The van der Waals surface area contributed by atoms with Crippen LogP contribution in [0.2, 0.25) is 0 Å². The maximum absolute atomic E-state index is 11.7. The third kappa shape index (κ3) is 8.90. The molecule has 0 aliphatic carbocycles. The Labute approximate surface area is 162 Å². The van der Waals surface area contributed by atoms with E-state index in [0.29, 0.717) is 17.9 Å². The number of aryl methyl sites for hydroxylation is 1. The maximum atomic E-state index is 11.7. The van der Waals surface area contributed by atoms with Crippen LogP contribution in [0, 0.1) is 6.92 Å². The lowest BCUT2D eigenvalue weighted by atomic mass is 10.1. The highest BCUT2D eigenvalue weighted by molar-refractivity contribution is 7.90. The minimum atomic E-state index is -3.21. The minimum Gasteiger partial charge on any atom is -0.469 e. The predicted octanol–water partition coefficient (Wildman–Crippen LogP) is 2.19. The fourth-order valence-electron chi connectivity index (χ4n) is 2.62. The van der Waals surface area contributed by atoms with Crippen LogP contribution in [0.4, 0.5) is 0 Å². The van der Waals surface area contributed by atoms with Crippen LogP contribution in [-0.4, -0.2) is 46.8 Å². The normalized spacial score (nSPS) is 11.9. The molecule has 1 rings (SSSR count). The van der Waals surface area contributed by atoms with E-state index in [1.54, 1.807) is 19.1 Å². The number of nitrogens with one attached hydrogen (secondary N) is 2. The number of carbonyl (C=O) groups is 1. The van der Waals surface area contributed by atoms with E-state index in [2.05, 4.69) is 20.4 Å². The fraction of sp³-hybridized carbons (Fsp3) is 0.579. The highest BCUT2D eigenvalue weighted by Gasteiger charge is 2.10. The molecule has 7 nitrogen and oxygen atoms in total. The third-order valence-electron chi connectivity index (χ3n) is 3.98. The first-order valence-electron chi connectivity index (χ1n) is 9.16. The zero-order chi connectivity index (χ0) is 20.3. The molecule has 1 aromatic rings. The van der Waals surface area contributed by atoms with Crippen molar-refractivity contribution in [2.45, 2.75) is 51.0 Å². The summed E-state index contributed by atoms with van der Waals surface area (Å²) in [6.45, 7) is 5.77. The Morgan fingerprint density at radius 2 is 1.93 bits per heavy atom. The molecular formula is C19H31N3O4S. The van der Waals surface area contributed by atoms with Crippen LogP contribution < -0.4 is 10.6 Å². The Balaban J connectivity index is 2.54. The quantitative estimate of drug-likeness (QED) is 0.272. The first kappa shape index (κ1) is 23.0. The van der Waals surface area contributed by atoms with Crippen molar-refractivity contribution in [2.75, 3.05) is 26.5 Å². The smallest absolute Gasteiger partial charge is 0.305 e. The van der Waals surface area contributed by atoms with Gasteiger partial charge in [-0.25, -0.2) is 13.4 Å². The lowest BCUT2D eigenvalue weighted by molar-refractivity contribution is -0.140. The molecule has 0 saturated heterocycles. The molecule has 0 spiro atoms. The summed E-state index contributed by atoms with van der Waals surface area (Å²) in [5.74, 6) is 0.547. The average molecular weight is 398 g/mol. The molecule has 2 N–H and O–H groups in total. The zero-order valence-electron chi connectivity index (χ0n) is 16.7. The molecule has 27 heavy (non-hydrogen) atoms. The second-order valence-electron chi connectivity index (χ2n) is 6.38. The van der Waals surface area contributed by atoms with E-state index in [4.69, 9.17) is 0 Å². The van der Waals surface area contributed by atoms with Crippen molar-refractivity contribution < 1.29 is 17.9 Å². The van der Waals surface area contributed by atoms with Crippen molar-refractivity contribution in [3.8, 4) is 0 Å². The van der Waals surface area contributed by atoms with Crippen molar-refractivity contribution in [1.29, 1.82) is 0 Å². The largest absolute Gasteiger partial charge is 0.469 e. The molecule has 0 aromatic heterocycles. The number of nitrogens with zero attached hydrogens (tertiary/aromatic N) is 1. The van der Waals surface area contributed by atoms with Gasteiger partial charge in [-0.1, -0.05) is 18.6 Å². The summed E-state index contributed by atoms with van der Waals surface area (Å²) in [5.41, 5.74) is 1.68. The Kier molecular flexibility index (Phi) is 9.85. The van der Waals surface area contributed by atoms with Crippen LogP contribution in [0.5, 0.6) is 0 Å². The Bertz CT molecular complexity index is 745. The number of rotatable bonds is 10. The molecule has 0 saturated carbocycles. The van der Waals surface area contributed by atoms with E-state index in [1.165, 1.54) is 13.4 Å². The number of benzene rings is 1. The van der Waals surface area contributed by atoms with Gasteiger partial charge in [0, 0.05) is 25.8 Å². The molecule has 8 heteroatoms. The van der Waals surface area contributed by atoms with E-state index in [1.807, 2.05) is 13.0 Å². The fourth-order valence-corrected chi connectivity index (χ4v) is 3.58. The number of hydrogen-bond donors (Lipinski definition) is 2. The van der Waals surface area contributed by atoms with E-state index < -0.39 is 9.84 Å². The van der Waals surface area contributed by atoms with Gasteiger partial charge in [0.2, 0.25) is 0 Å². The first-order chi connectivity index (χ1) is 12.8. The van der Waals surface area contributed by atoms with Gasteiger partial charge in [-0.3, -0.25) is 4.79 Å². The van der Waals surface area contributed by atoms with Crippen LogP contribution in [0.3, 0.4) is 0 Å². The lowest BCUT2D eigenvalue weighted by Gasteiger charge is -2.11. The molecule has 0 radical (unpaired) electrons. The topological polar surface area (TPSA) is 96.9 Å². The third-order valence-corrected chi connectivity index (χ3v) is 5.24. The summed E-state index contributed by atoms with van der Waals surface area (Å²) in [6, 6.07) is 5.29. The summed E-state index contributed by atoms with van der Waals surface area (Å²) in [6.07, 6.45) is 4.35. The van der Waals surface area contributed by atoms with Gasteiger partial charge >= 0.3 is 5.97 Å². The molecular weight excluding hydrogens is 366 g/mol. The number of esters is 1. The standard InChI is InChI=1S/C19H31N3O4S/c1-5-20-19(21-12-8-6-7-9-18(23)26-3)22-14-16-10-11-17(15(2)13-16)27(4,24)25/h10-11,13H,5-9,12,14H2,1-4H3,(H2,20,21,22). The van der Waals surface area contributed by atoms with E-state index in [0.717, 1.165) is 49.4 Å². The molecule has 0 bridgehead atoms. The van der Waals surface area contributed by atoms with Gasteiger partial charge in [0.15, 0.2) is 15.8 Å². The molecule has 0 amide bonds. The van der Waals surface area contributed by atoms with Crippen molar-refractivity contribution >= 4 is 21.8 Å². The number of ether oxygens (including phenoxy) is 1. The second-order valence-corrected chi connectivity index (χ2v) is 8.36. The summed E-state index contributed by atoms with van der Waals surface area (Å²) >= 11 is 0. The van der Waals surface area contributed by atoms with Gasteiger partial charge in [0.1, 0.15) is 0 Å². The molecule has 0 unspecified atom stereocenters. The maximum Gasteiger partial charge on any atom is 0.305 e. The number of hydrogen-bond acceptors (Lipinski definition) is 5. The first-order valence-corrected chi connectivity index (χ1v) is 11.1. The zero-order valence-corrected chi connectivity index (χ0v) is 17.5. The van der Waals surface area contributed by atoms with Gasteiger partial charge in [-0.05, 0) is 43.9 Å². The molecule has 0 atom stereocenters. The lowest BCUT2D eigenvalue weighted by Crippen LogP contribution is -2.37. The van der Waals surface area contributed by atoms with Crippen LogP contribution >= 0.6 is 0 Å². The van der Waals surface area contributed by atoms with Crippen LogP contribution in [0.25, 0.3) is 0 Å². The second kappa shape index (κ2) is 11.6. The molecule has 0 aliphatic heterocycles. The highest BCUT2D eigenvalue weighted by atomic mass is 32.2. The summed E-state index contributed by atoms with van der Waals surface area (Å²) in [4.78, 5) is 16.0. The summed E-state index contributed by atoms with van der Waals surface area (Å²) in [5, 5.41) is 6.46. The van der Waals surface area contributed by atoms with Gasteiger partial charge in [0.25, 0.3) is 0 Å². The number of sulfone groups is 1. The number of methoxy groups -OCH3 is 1. The van der Waals surface area contributed by atoms with Crippen molar-refractivity contribution in [3.05, 3.63) is 29.3 Å². The van der Waals surface area contributed by atoms with Gasteiger partial charge < -0.3 is 15.4 Å². The Morgan fingerprint density at radius 1 is 1.19 bits per heavy atom. The molecule has 0 fully saturated rings. The van der Waals surface area contributed by atoms with Crippen LogP contribution in [0.1, 0.15) is 43.7 Å². The van der Waals surface area contributed by atoms with Crippen LogP contribution in [0.15, 0.2) is 28.1 Å². The summed E-state index contributed by atoms with van der Waals surface area (Å²) < 4.78 is 28.0. The van der Waals surface area contributed by atoms with Gasteiger partial charge in [-0.15, -0.1) is 0 Å². The highest BCUT2D eigenvalue weighted by Crippen LogP contribution is 2.17. The molecule has 152 valence electrons. The van der Waals surface area contributed by atoms with Crippen molar-refractivity contribution in [3.63, 3.8) is 0 Å². The number of carbonyl (C=O) groups excluding carboxylic acids is 1.